The Kier molecular flexibility index (Phi) is 5.20. The zero-order valence-electron chi connectivity index (χ0n) is 9.93. The average Bonchev–Trinajstić information content (AvgIpc) is 2.88. The minimum absolute atomic E-state index is 0.954. The van der Waals surface area contributed by atoms with Gasteiger partial charge in [-0.3, -0.25) is 4.98 Å². The third kappa shape index (κ3) is 4.67. The molecule has 0 aliphatic heterocycles. The van der Waals surface area contributed by atoms with Gasteiger partial charge in [-0.1, -0.05) is 30.3 Å². The summed E-state index contributed by atoms with van der Waals surface area (Å²) in [5.74, 6) is 0. The maximum absolute atomic E-state index is 4.06. The SMILES string of the molecule is c1ccc(CCCCNCc2cncs2)cc1. The predicted octanol–water partition coefficient (Wildman–Crippen LogP) is 3.26. The van der Waals surface area contributed by atoms with E-state index in [4.69, 9.17) is 0 Å². The molecule has 0 amide bonds. The third-order valence-electron chi connectivity index (χ3n) is 2.69. The van der Waals surface area contributed by atoms with Crippen LogP contribution >= 0.6 is 11.3 Å². The van der Waals surface area contributed by atoms with Crippen LogP contribution in [0, 0.1) is 0 Å². The molecule has 0 aliphatic carbocycles. The topological polar surface area (TPSA) is 24.9 Å². The van der Waals surface area contributed by atoms with Crippen molar-refractivity contribution in [1.29, 1.82) is 0 Å². The Hall–Kier alpha value is -1.19. The van der Waals surface area contributed by atoms with Crippen LogP contribution in [0.1, 0.15) is 23.3 Å². The van der Waals surface area contributed by atoms with Crippen LogP contribution in [-0.2, 0) is 13.0 Å². The van der Waals surface area contributed by atoms with E-state index < -0.39 is 0 Å². The molecular weight excluding hydrogens is 228 g/mol. The summed E-state index contributed by atoms with van der Waals surface area (Å²) in [6.07, 6.45) is 5.60. The van der Waals surface area contributed by atoms with Crippen molar-refractivity contribution in [3.8, 4) is 0 Å². The first kappa shape index (κ1) is 12.3. The molecule has 0 unspecified atom stereocenters. The van der Waals surface area contributed by atoms with E-state index in [1.54, 1.807) is 11.3 Å². The van der Waals surface area contributed by atoms with Crippen LogP contribution in [0.3, 0.4) is 0 Å². The van der Waals surface area contributed by atoms with E-state index in [2.05, 4.69) is 40.6 Å². The fourth-order valence-corrected chi connectivity index (χ4v) is 2.33. The number of hydrogen-bond donors (Lipinski definition) is 1. The molecule has 90 valence electrons. The number of thiazole rings is 1. The average molecular weight is 246 g/mol. The number of unbranched alkanes of at least 4 members (excludes halogenated alkanes) is 1. The summed E-state index contributed by atoms with van der Waals surface area (Å²) in [5.41, 5.74) is 3.32. The van der Waals surface area contributed by atoms with Gasteiger partial charge in [0, 0.05) is 17.6 Å². The van der Waals surface area contributed by atoms with Gasteiger partial charge in [-0.2, -0.15) is 0 Å². The first-order chi connectivity index (χ1) is 8.45. The number of hydrogen-bond acceptors (Lipinski definition) is 3. The lowest BCUT2D eigenvalue weighted by atomic mass is 10.1. The molecule has 17 heavy (non-hydrogen) atoms. The first-order valence-corrected chi connectivity index (χ1v) is 6.95. The molecule has 0 spiro atoms. The van der Waals surface area contributed by atoms with Gasteiger partial charge in [0.25, 0.3) is 0 Å². The second kappa shape index (κ2) is 7.20. The van der Waals surface area contributed by atoms with Crippen molar-refractivity contribution in [1.82, 2.24) is 10.3 Å². The maximum Gasteiger partial charge on any atom is 0.0794 e. The number of benzene rings is 1. The second-order valence-electron chi connectivity index (χ2n) is 4.09. The number of nitrogens with one attached hydrogen (secondary N) is 1. The molecule has 2 rings (SSSR count). The minimum atomic E-state index is 0.954. The lowest BCUT2D eigenvalue weighted by Gasteiger charge is -2.03. The van der Waals surface area contributed by atoms with E-state index in [9.17, 15) is 0 Å². The molecule has 0 aliphatic rings. The van der Waals surface area contributed by atoms with E-state index in [1.807, 2.05) is 11.7 Å². The first-order valence-electron chi connectivity index (χ1n) is 6.07. The second-order valence-corrected chi connectivity index (χ2v) is 5.06. The highest BCUT2D eigenvalue weighted by atomic mass is 32.1. The molecule has 1 heterocycles. The normalized spacial score (nSPS) is 10.6. The Balaban J connectivity index is 1.52. The smallest absolute Gasteiger partial charge is 0.0794 e. The molecule has 0 fully saturated rings. The number of rotatable bonds is 7. The van der Waals surface area contributed by atoms with Gasteiger partial charge in [-0.25, -0.2) is 0 Å². The highest BCUT2D eigenvalue weighted by molar-refractivity contribution is 7.09. The van der Waals surface area contributed by atoms with Crippen LogP contribution in [0.5, 0.6) is 0 Å². The monoisotopic (exact) mass is 246 g/mol. The predicted molar refractivity (Wildman–Crippen MR) is 73.2 cm³/mol. The standard InChI is InChI=1S/C14H18N2S/c1-2-6-13(7-3-1)8-4-5-9-15-10-14-11-16-12-17-14/h1-3,6-7,11-12,15H,4-5,8-10H2. The van der Waals surface area contributed by atoms with Crippen LogP contribution in [-0.4, -0.2) is 11.5 Å². The van der Waals surface area contributed by atoms with Gasteiger partial charge in [-0.05, 0) is 31.4 Å². The van der Waals surface area contributed by atoms with Crippen molar-refractivity contribution in [2.24, 2.45) is 0 Å². The van der Waals surface area contributed by atoms with Crippen LogP contribution in [0.25, 0.3) is 0 Å². The minimum Gasteiger partial charge on any atom is -0.312 e. The van der Waals surface area contributed by atoms with Gasteiger partial charge in [0.15, 0.2) is 0 Å². The van der Waals surface area contributed by atoms with Gasteiger partial charge < -0.3 is 5.32 Å². The van der Waals surface area contributed by atoms with Crippen molar-refractivity contribution in [3.63, 3.8) is 0 Å². The summed E-state index contributed by atoms with van der Waals surface area (Å²) < 4.78 is 0. The summed E-state index contributed by atoms with van der Waals surface area (Å²) in [7, 11) is 0. The zero-order valence-corrected chi connectivity index (χ0v) is 10.7. The summed E-state index contributed by atoms with van der Waals surface area (Å²) in [5, 5.41) is 3.44. The van der Waals surface area contributed by atoms with Gasteiger partial charge in [0.05, 0.1) is 5.51 Å². The summed E-state index contributed by atoms with van der Waals surface area (Å²) in [6, 6.07) is 10.7. The molecule has 1 aromatic heterocycles. The number of aromatic nitrogens is 1. The van der Waals surface area contributed by atoms with E-state index >= 15 is 0 Å². The molecule has 0 radical (unpaired) electrons. The van der Waals surface area contributed by atoms with Crippen LogP contribution in [0.4, 0.5) is 0 Å². The third-order valence-corrected chi connectivity index (χ3v) is 3.47. The largest absolute Gasteiger partial charge is 0.312 e. The van der Waals surface area contributed by atoms with Crippen LogP contribution in [0.15, 0.2) is 42.0 Å². The molecule has 2 nitrogen and oxygen atoms in total. The molecule has 0 bridgehead atoms. The van der Waals surface area contributed by atoms with Crippen molar-refractivity contribution in [3.05, 3.63) is 52.5 Å². The highest BCUT2D eigenvalue weighted by Gasteiger charge is 1.94. The molecule has 0 saturated carbocycles. The van der Waals surface area contributed by atoms with Crippen LogP contribution < -0.4 is 5.32 Å². The van der Waals surface area contributed by atoms with Crippen LogP contribution in [0.2, 0.25) is 0 Å². The summed E-state index contributed by atoms with van der Waals surface area (Å²) in [6.45, 7) is 2.04. The quantitative estimate of drug-likeness (QED) is 0.759. The maximum atomic E-state index is 4.06. The van der Waals surface area contributed by atoms with Crippen molar-refractivity contribution in [2.75, 3.05) is 6.54 Å². The van der Waals surface area contributed by atoms with Gasteiger partial charge in [0.2, 0.25) is 0 Å². The Morgan fingerprint density at radius 1 is 1.12 bits per heavy atom. The van der Waals surface area contributed by atoms with Crippen molar-refractivity contribution in [2.45, 2.75) is 25.8 Å². The number of aryl methyl sites for hydroxylation is 1. The highest BCUT2D eigenvalue weighted by Crippen LogP contribution is 2.05. The molecule has 0 atom stereocenters. The molecule has 1 aromatic carbocycles. The lowest BCUT2D eigenvalue weighted by molar-refractivity contribution is 0.626. The molecule has 1 N–H and O–H groups in total. The van der Waals surface area contributed by atoms with Gasteiger partial charge >= 0.3 is 0 Å². The Morgan fingerprint density at radius 3 is 2.76 bits per heavy atom. The molecule has 2 aromatic rings. The summed E-state index contributed by atoms with van der Waals surface area (Å²) >= 11 is 1.71. The molecule has 0 saturated heterocycles. The van der Waals surface area contributed by atoms with E-state index in [-0.39, 0.29) is 0 Å². The fourth-order valence-electron chi connectivity index (χ4n) is 1.76. The Bertz CT molecular complexity index is 397. The molecule has 3 heteroatoms. The van der Waals surface area contributed by atoms with Crippen molar-refractivity contribution >= 4 is 11.3 Å². The fraction of sp³-hybridized carbons (Fsp3) is 0.357. The summed E-state index contributed by atoms with van der Waals surface area (Å²) in [4.78, 5) is 5.37. The van der Waals surface area contributed by atoms with E-state index in [1.165, 1.54) is 29.7 Å². The Labute approximate surface area is 107 Å². The zero-order chi connectivity index (χ0) is 11.8. The molecular formula is C14H18N2S. The van der Waals surface area contributed by atoms with E-state index in [0.717, 1.165) is 13.1 Å². The van der Waals surface area contributed by atoms with E-state index in [0.29, 0.717) is 0 Å². The van der Waals surface area contributed by atoms with Crippen molar-refractivity contribution < 1.29 is 0 Å². The Morgan fingerprint density at radius 2 is 2.00 bits per heavy atom. The lowest BCUT2D eigenvalue weighted by Crippen LogP contribution is -2.13. The van der Waals surface area contributed by atoms with Gasteiger partial charge in [0.1, 0.15) is 0 Å². The van der Waals surface area contributed by atoms with Gasteiger partial charge in [-0.15, -0.1) is 11.3 Å². The number of nitrogens with zero attached hydrogens (tertiary/aromatic N) is 1.